The summed E-state index contributed by atoms with van der Waals surface area (Å²) in [5.74, 6) is -0.0306. The lowest BCUT2D eigenvalue weighted by Gasteiger charge is -2.13. The van der Waals surface area contributed by atoms with Crippen molar-refractivity contribution in [2.75, 3.05) is 20.6 Å². The highest BCUT2D eigenvalue weighted by Gasteiger charge is 2.20. The summed E-state index contributed by atoms with van der Waals surface area (Å²) in [4.78, 5) is 25.3. The molecule has 1 rings (SSSR count). The summed E-state index contributed by atoms with van der Waals surface area (Å²) in [6.45, 7) is 4.22. The van der Waals surface area contributed by atoms with Crippen molar-refractivity contribution in [2.45, 2.75) is 31.3 Å². The standard InChI is InChI=1S/C16H24N2O3S/c1-5-9-17-15(19)12(2)22(21)11-13-7-6-8-14(10-13)16(20)18(3)4/h6-8,10,12H,5,9,11H2,1-4H3,(H,17,19)/t12-,22+/m0/s1. The Labute approximate surface area is 134 Å². The molecule has 122 valence electrons. The van der Waals surface area contributed by atoms with Crippen LogP contribution in [0.2, 0.25) is 0 Å². The van der Waals surface area contributed by atoms with Gasteiger partial charge in [0.1, 0.15) is 5.25 Å². The zero-order chi connectivity index (χ0) is 16.7. The van der Waals surface area contributed by atoms with E-state index in [1.165, 1.54) is 4.90 Å². The van der Waals surface area contributed by atoms with Crippen molar-refractivity contribution in [1.29, 1.82) is 0 Å². The highest BCUT2D eigenvalue weighted by Crippen LogP contribution is 2.11. The lowest BCUT2D eigenvalue weighted by Crippen LogP contribution is -2.36. The molecule has 0 aliphatic carbocycles. The number of benzene rings is 1. The van der Waals surface area contributed by atoms with Crippen molar-refractivity contribution in [2.24, 2.45) is 0 Å². The lowest BCUT2D eigenvalue weighted by molar-refractivity contribution is -0.120. The zero-order valence-electron chi connectivity index (χ0n) is 13.6. The molecule has 0 aliphatic rings. The van der Waals surface area contributed by atoms with E-state index in [9.17, 15) is 13.8 Å². The van der Waals surface area contributed by atoms with Gasteiger partial charge in [-0.1, -0.05) is 19.1 Å². The van der Waals surface area contributed by atoms with Gasteiger partial charge in [-0.25, -0.2) is 0 Å². The normalized spacial score (nSPS) is 13.3. The van der Waals surface area contributed by atoms with Crippen molar-refractivity contribution in [1.82, 2.24) is 10.2 Å². The number of hydrogen-bond acceptors (Lipinski definition) is 3. The Morgan fingerprint density at radius 2 is 2.00 bits per heavy atom. The number of rotatable bonds is 7. The van der Waals surface area contributed by atoms with E-state index in [2.05, 4.69) is 5.32 Å². The number of hydrogen-bond donors (Lipinski definition) is 1. The maximum absolute atomic E-state index is 12.3. The van der Waals surface area contributed by atoms with Gasteiger partial charge in [0.2, 0.25) is 5.91 Å². The van der Waals surface area contributed by atoms with E-state index < -0.39 is 16.0 Å². The smallest absolute Gasteiger partial charge is 0.253 e. The molecule has 0 spiro atoms. The van der Waals surface area contributed by atoms with Crippen LogP contribution in [0.15, 0.2) is 24.3 Å². The third-order valence-electron chi connectivity index (χ3n) is 3.20. The Morgan fingerprint density at radius 3 is 2.59 bits per heavy atom. The molecule has 0 saturated heterocycles. The number of amides is 2. The van der Waals surface area contributed by atoms with Crippen molar-refractivity contribution >= 4 is 22.6 Å². The van der Waals surface area contributed by atoms with Crippen LogP contribution in [-0.2, 0) is 21.3 Å². The predicted molar refractivity (Wildman–Crippen MR) is 89.1 cm³/mol. The monoisotopic (exact) mass is 324 g/mol. The van der Waals surface area contributed by atoms with Crippen LogP contribution in [-0.4, -0.2) is 46.8 Å². The van der Waals surface area contributed by atoms with E-state index in [0.717, 1.165) is 12.0 Å². The lowest BCUT2D eigenvalue weighted by atomic mass is 10.1. The van der Waals surface area contributed by atoms with Crippen LogP contribution in [0, 0.1) is 0 Å². The van der Waals surface area contributed by atoms with Crippen LogP contribution in [0.1, 0.15) is 36.2 Å². The molecule has 2 amide bonds. The second-order valence-corrected chi connectivity index (χ2v) is 7.12. The summed E-state index contributed by atoms with van der Waals surface area (Å²) in [7, 11) is 2.06. The van der Waals surface area contributed by atoms with Crippen LogP contribution < -0.4 is 5.32 Å². The molecule has 0 bridgehead atoms. The molecule has 5 nitrogen and oxygen atoms in total. The Hall–Kier alpha value is -1.69. The van der Waals surface area contributed by atoms with E-state index in [0.29, 0.717) is 12.1 Å². The van der Waals surface area contributed by atoms with Gasteiger partial charge in [0.25, 0.3) is 5.91 Å². The van der Waals surface area contributed by atoms with Gasteiger partial charge >= 0.3 is 0 Å². The SMILES string of the molecule is CCCNC(=O)[C@H](C)[S@](=O)Cc1cccc(C(=O)N(C)C)c1. The average Bonchev–Trinajstić information content (AvgIpc) is 2.51. The molecule has 0 heterocycles. The fourth-order valence-corrected chi connectivity index (χ4v) is 2.93. The molecule has 1 N–H and O–H groups in total. The van der Waals surface area contributed by atoms with Gasteiger partial charge in [0.05, 0.1) is 0 Å². The molecule has 22 heavy (non-hydrogen) atoms. The first-order valence-electron chi connectivity index (χ1n) is 7.32. The maximum atomic E-state index is 12.3. The minimum atomic E-state index is -1.32. The highest BCUT2D eigenvalue weighted by molar-refractivity contribution is 7.85. The molecule has 0 radical (unpaired) electrons. The van der Waals surface area contributed by atoms with Gasteiger partial charge in [-0.05, 0) is 31.0 Å². The Balaban J connectivity index is 2.74. The zero-order valence-corrected chi connectivity index (χ0v) is 14.4. The fourth-order valence-electron chi connectivity index (χ4n) is 1.85. The van der Waals surface area contributed by atoms with Crippen LogP contribution in [0.4, 0.5) is 0 Å². The van der Waals surface area contributed by atoms with Gasteiger partial charge in [0, 0.05) is 42.8 Å². The summed E-state index contributed by atoms with van der Waals surface area (Å²) in [6, 6.07) is 7.05. The number of carbonyl (C=O) groups is 2. The Kier molecular flexibility index (Phi) is 7.24. The number of carbonyl (C=O) groups excluding carboxylic acids is 2. The van der Waals surface area contributed by atoms with Crippen LogP contribution in [0.3, 0.4) is 0 Å². The van der Waals surface area contributed by atoms with Crippen LogP contribution >= 0.6 is 0 Å². The molecular weight excluding hydrogens is 300 g/mol. The second-order valence-electron chi connectivity index (χ2n) is 5.36. The first kappa shape index (κ1) is 18.4. The second kappa shape index (κ2) is 8.68. The van der Waals surface area contributed by atoms with Crippen molar-refractivity contribution < 1.29 is 13.8 Å². The first-order valence-corrected chi connectivity index (χ1v) is 8.70. The largest absolute Gasteiger partial charge is 0.355 e. The van der Waals surface area contributed by atoms with Crippen molar-refractivity contribution in [3.63, 3.8) is 0 Å². The third kappa shape index (κ3) is 5.26. The van der Waals surface area contributed by atoms with E-state index in [4.69, 9.17) is 0 Å². The molecule has 0 saturated carbocycles. The quantitative estimate of drug-likeness (QED) is 0.827. The minimum Gasteiger partial charge on any atom is -0.355 e. The van der Waals surface area contributed by atoms with Gasteiger partial charge in [-0.2, -0.15) is 0 Å². The molecule has 1 aromatic carbocycles. The summed E-state index contributed by atoms with van der Waals surface area (Å²) >= 11 is 0. The molecule has 1 aromatic rings. The van der Waals surface area contributed by atoms with Crippen molar-refractivity contribution in [3.8, 4) is 0 Å². The number of nitrogens with one attached hydrogen (secondary N) is 1. The predicted octanol–water partition coefficient (Wildman–Crippen LogP) is 1.55. The maximum Gasteiger partial charge on any atom is 0.253 e. The third-order valence-corrected chi connectivity index (χ3v) is 4.82. The van der Waals surface area contributed by atoms with Crippen LogP contribution in [0.5, 0.6) is 0 Å². The van der Waals surface area contributed by atoms with Crippen LogP contribution in [0.25, 0.3) is 0 Å². The Bertz CT molecular complexity index is 558. The molecule has 6 heteroatoms. The summed E-state index contributed by atoms with van der Waals surface area (Å²) < 4.78 is 12.3. The Morgan fingerprint density at radius 1 is 1.32 bits per heavy atom. The molecule has 0 aliphatic heterocycles. The van der Waals surface area contributed by atoms with Gasteiger partial charge in [-0.15, -0.1) is 0 Å². The van der Waals surface area contributed by atoms with E-state index in [-0.39, 0.29) is 17.6 Å². The molecular formula is C16H24N2O3S. The average molecular weight is 324 g/mol. The van der Waals surface area contributed by atoms with Gasteiger partial charge in [0.15, 0.2) is 0 Å². The molecule has 2 atom stereocenters. The van der Waals surface area contributed by atoms with Crippen molar-refractivity contribution in [3.05, 3.63) is 35.4 Å². The van der Waals surface area contributed by atoms with E-state index in [1.54, 1.807) is 39.2 Å². The molecule has 0 unspecified atom stereocenters. The molecule has 0 fully saturated rings. The number of nitrogens with zero attached hydrogens (tertiary/aromatic N) is 1. The topological polar surface area (TPSA) is 66.5 Å². The van der Waals surface area contributed by atoms with E-state index >= 15 is 0 Å². The molecule has 0 aromatic heterocycles. The van der Waals surface area contributed by atoms with Gasteiger partial charge in [-0.3, -0.25) is 13.8 Å². The summed E-state index contributed by atoms with van der Waals surface area (Å²) in [5, 5.41) is 2.18. The highest BCUT2D eigenvalue weighted by atomic mass is 32.2. The minimum absolute atomic E-state index is 0.0960. The summed E-state index contributed by atoms with van der Waals surface area (Å²) in [5.41, 5.74) is 1.35. The fraction of sp³-hybridized carbons (Fsp3) is 0.500. The van der Waals surface area contributed by atoms with E-state index in [1.807, 2.05) is 13.0 Å². The summed E-state index contributed by atoms with van der Waals surface area (Å²) in [6.07, 6.45) is 0.847. The first-order chi connectivity index (χ1) is 10.4. The van der Waals surface area contributed by atoms with Gasteiger partial charge < -0.3 is 10.2 Å².